The first-order valence-corrected chi connectivity index (χ1v) is 12.6. The molecule has 3 unspecified atom stereocenters. The standard InChI is InChI=1S/C28H33FN2O7/c1-38-19-8-6-7-18(17-19)13-15-31(16-14-24(32)33)27(35)25(22-11-4-5-12-23(22)29)30-26(34)20-9-2-3-10-21(20)28(36)37/h4-8,11-12,17,20-21,25H,2-3,9-10,13-16H2,1H3,(H,30,34)(H,32,33)(H,36,37). The van der Waals surface area contributed by atoms with Crippen LogP contribution in [0, 0.1) is 17.7 Å². The van der Waals surface area contributed by atoms with E-state index in [4.69, 9.17) is 4.74 Å². The van der Waals surface area contributed by atoms with Gasteiger partial charge in [0, 0.05) is 18.7 Å². The van der Waals surface area contributed by atoms with E-state index in [9.17, 15) is 33.8 Å². The Kier molecular flexibility index (Phi) is 10.2. The van der Waals surface area contributed by atoms with Gasteiger partial charge in [-0.25, -0.2) is 4.39 Å². The number of nitrogens with zero attached hydrogens (tertiary/aromatic N) is 1. The monoisotopic (exact) mass is 528 g/mol. The molecule has 0 aliphatic heterocycles. The highest BCUT2D eigenvalue weighted by atomic mass is 19.1. The van der Waals surface area contributed by atoms with E-state index in [-0.39, 0.29) is 25.1 Å². The van der Waals surface area contributed by atoms with Gasteiger partial charge >= 0.3 is 11.9 Å². The molecule has 2 aromatic rings. The Balaban J connectivity index is 1.89. The number of carboxylic acids is 2. The molecule has 1 aliphatic carbocycles. The summed E-state index contributed by atoms with van der Waals surface area (Å²) in [6.07, 6.45) is 2.07. The number of halogens is 1. The summed E-state index contributed by atoms with van der Waals surface area (Å²) in [5.41, 5.74) is 0.769. The molecule has 204 valence electrons. The number of carbonyl (C=O) groups is 4. The molecule has 0 radical (unpaired) electrons. The van der Waals surface area contributed by atoms with Crippen molar-refractivity contribution in [2.24, 2.45) is 11.8 Å². The van der Waals surface area contributed by atoms with Gasteiger partial charge in [0.1, 0.15) is 17.6 Å². The Hall–Kier alpha value is -3.95. The van der Waals surface area contributed by atoms with Gasteiger partial charge in [0.15, 0.2) is 0 Å². The van der Waals surface area contributed by atoms with E-state index >= 15 is 0 Å². The van der Waals surface area contributed by atoms with Crippen molar-refractivity contribution in [3.63, 3.8) is 0 Å². The number of carboxylic acid groups (broad SMARTS) is 2. The Bertz CT molecular complexity index is 1160. The summed E-state index contributed by atoms with van der Waals surface area (Å²) in [6, 6.07) is 11.3. The van der Waals surface area contributed by atoms with E-state index in [2.05, 4.69) is 5.32 Å². The molecule has 1 fully saturated rings. The van der Waals surface area contributed by atoms with E-state index in [0.717, 1.165) is 5.56 Å². The molecule has 9 nitrogen and oxygen atoms in total. The molecule has 2 amide bonds. The third-order valence-corrected chi connectivity index (χ3v) is 6.88. The molecule has 0 bridgehead atoms. The first-order chi connectivity index (χ1) is 18.2. The van der Waals surface area contributed by atoms with Gasteiger partial charge in [-0.05, 0) is 43.0 Å². The fourth-order valence-corrected chi connectivity index (χ4v) is 4.81. The summed E-state index contributed by atoms with van der Waals surface area (Å²) < 4.78 is 20.1. The molecular weight excluding hydrogens is 495 g/mol. The van der Waals surface area contributed by atoms with Gasteiger partial charge in [-0.15, -0.1) is 0 Å². The number of rotatable bonds is 12. The molecule has 2 aromatic carbocycles. The smallest absolute Gasteiger partial charge is 0.307 e. The molecule has 10 heteroatoms. The average Bonchev–Trinajstić information content (AvgIpc) is 2.91. The normalized spacial score (nSPS) is 17.7. The minimum atomic E-state index is -1.45. The predicted octanol–water partition coefficient (Wildman–Crippen LogP) is 3.43. The quantitative estimate of drug-likeness (QED) is 0.384. The number of amides is 2. The minimum absolute atomic E-state index is 0.0739. The summed E-state index contributed by atoms with van der Waals surface area (Å²) in [6.45, 7) is -0.0403. The number of ether oxygens (including phenoxy) is 1. The third kappa shape index (κ3) is 7.53. The highest BCUT2D eigenvalue weighted by Crippen LogP contribution is 2.31. The van der Waals surface area contributed by atoms with Crippen LogP contribution in [-0.2, 0) is 25.6 Å². The van der Waals surface area contributed by atoms with Crippen molar-refractivity contribution in [3.05, 3.63) is 65.5 Å². The van der Waals surface area contributed by atoms with E-state index in [1.54, 1.807) is 18.2 Å². The maximum absolute atomic E-state index is 14.9. The first-order valence-electron chi connectivity index (χ1n) is 12.6. The average molecular weight is 529 g/mol. The Labute approximate surface area is 220 Å². The van der Waals surface area contributed by atoms with E-state index in [1.165, 1.54) is 36.3 Å². The lowest BCUT2D eigenvalue weighted by Crippen LogP contribution is -2.48. The molecule has 3 atom stereocenters. The lowest BCUT2D eigenvalue weighted by atomic mass is 9.78. The van der Waals surface area contributed by atoms with Crippen LogP contribution in [0.5, 0.6) is 5.75 Å². The van der Waals surface area contributed by atoms with Gasteiger partial charge in [0.25, 0.3) is 0 Å². The number of aliphatic carboxylic acids is 2. The van der Waals surface area contributed by atoms with Gasteiger partial charge in [0.05, 0.1) is 25.4 Å². The molecule has 38 heavy (non-hydrogen) atoms. The van der Waals surface area contributed by atoms with Crippen LogP contribution in [0.4, 0.5) is 4.39 Å². The number of carbonyl (C=O) groups excluding carboxylic acids is 2. The second-order valence-corrected chi connectivity index (χ2v) is 9.37. The summed E-state index contributed by atoms with van der Waals surface area (Å²) in [4.78, 5) is 51.4. The molecule has 0 aromatic heterocycles. The summed E-state index contributed by atoms with van der Waals surface area (Å²) >= 11 is 0. The van der Waals surface area contributed by atoms with Crippen LogP contribution >= 0.6 is 0 Å². The second-order valence-electron chi connectivity index (χ2n) is 9.37. The molecule has 0 heterocycles. The topological polar surface area (TPSA) is 133 Å². The fourth-order valence-electron chi connectivity index (χ4n) is 4.81. The lowest BCUT2D eigenvalue weighted by Gasteiger charge is -2.32. The van der Waals surface area contributed by atoms with Crippen LogP contribution in [0.2, 0.25) is 0 Å². The molecule has 3 rings (SSSR count). The van der Waals surface area contributed by atoms with E-state index < -0.39 is 47.4 Å². The number of hydrogen-bond acceptors (Lipinski definition) is 5. The number of hydrogen-bond donors (Lipinski definition) is 3. The summed E-state index contributed by atoms with van der Waals surface area (Å²) in [5.74, 6) is -5.33. The largest absolute Gasteiger partial charge is 0.497 e. The summed E-state index contributed by atoms with van der Waals surface area (Å²) in [5, 5.41) is 21.5. The molecule has 1 saturated carbocycles. The van der Waals surface area contributed by atoms with Crippen molar-refractivity contribution in [3.8, 4) is 5.75 Å². The van der Waals surface area contributed by atoms with Crippen LogP contribution in [0.15, 0.2) is 48.5 Å². The molecule has 0 spiro atoms. The van der Waals surface area contributed by atoms with Crippen molar-refractivity contribution in [2.75, 3.05) is 20.2 Å². The number of methoxy groups -OCH3 is 1. The van der Waals surface area contributed by atoms with Crippen LogP contribution in [0.25, 0.3) is 0 Å². The van der Waals surface area contributed by atoms with Gasteiger partial charge in [0.2, 0.25) is 11.8 Å². The Morgan fingerprint density at radius 1 is 1.03 bits per heavy atom. The minimum Gasteiger partial charge on any atom is -0.497 e. The first kappa shape index (κ1) is 28.6. The maximum Gasteiger partial charge on any atom is 0.307 e. The SMILES string of the molecule is COc1cccc(CCN(CCC(=O)O)C(=O)C(NC(=O)C2CCCCC2C(=O)O)c2ccccc2F)c1. The molecule has 3 N–H and O–H groups in total. The second kappa shape index (κ2) is 13.6. The summed E-state index contributed by atoms with van der Waals surface area (Å²) in [7, 11) is 1.53. The van der Waals surface area contributed by atoms with E-state index in [0.29, 0.717) is 37.9 Å². The van der Waals surface area contributed by atoms with Crippen LogP contribution in [-0.4, -0.2) is 59.1 Å². The molecular formula is C28H33FN2O7. The van der Waals surface area contributed by atoms with Crippen LogP contribution < -0.4 is 10.1 Å². The van der Waals surface area contributed by atoms with Crippen molar-refractivity contribution < 1.29 is 38.5 Å². The number of benzene rings is 2. The highest BCUT2D eigenvalue weighted by Gasteiger charge is 2.38. The van der Waals surface area contributed by atoms with Crippen LogP contribution in [0.1, 0.15) is 49.3 Å². The molecule has 0 saturated heterocycles. The third-order valence-electron chi connectivity index (χ3n) is 6.88. The van der Waals surface area contributed by atoms with Gasteiger partial charge < -0.3 is 25.2 Å². The van der Waals surface area contributed by atoms with Gasteiger partial charge in [-0.3, -0.25) is 19.2 Å². The fraction of sp³-hybridized carbons (Fsp3) is 0.429. The zero-order valence-corrected chi connectivity index (χ0v) is 21.3. The zero-order valence-electron chi connectivity index (χ0n) is 21.3. The van der Waals surface area contributed by atoms with Crippen molar-refractivity contribution in [1.82, 2.24) is 10.2 Å². The van der Waals surface area contributed by atoms with Gasteiger partial charge in [-0.2, -0.15) is 0 Å². The van der Waals surface area contributed by atoms with Crippen LogP contribution in [0.3, 0.4) is 0 Å². The lowest BCUT2D eigenvalue weighted by molar-refractivity contribution is -0.149. The van der Waals surface area contributed by atoms with E-state index in [1.807, 2.05) is 6.07 Å². The Morgan fingerprint density at radius 2 is 1.74 bits per heavy atom. The Morgan fingerprint density at radius 3 is 2.39 bits per heavy atom. The number of nitrogens with one attached hydrogen (secondary N) is 1. The zero-order chi connectivity index (χ0) is 27.7. The van der Waals surface area contributed by atoms with Crippen molar-refractivity contribution >= 4 is 23.8 Å². The van der Waals surface area contributed by atoms with Crippen molar-refractivity contribution in [2.45, 2.75) is 44.6 Å². The van der Waals surface area contributed by atoms with Gasteiger partial charge in [-0.1, -0.05) is 43.2 Å². The maximum atomic E-state index is 14.9. The predicted molar refractivity (Wildman–Crippen MR) is 136 cm³/mol. The molecule has 1 aliphatic rings. The highest BCUT2D eigenvalue weighted by molar-refractivity contribution is 5.91. The van der Waals surface area contributed by atoms with Crippen molar-refractivity contribution in [1.29, 1.82) is 0 Å².